The molecule has 0 heterocycles. The first kappa shape index (κ1) is 313. The predicted molar refractivity (Wildman–Crippen MR) is 17.3 cm³/mol. The summed E-state index contributed by atoms with van der Waals surface area (Å²) < 4.78 is 0. The molecule has 0 spiro atoms. The molecule has 0 aliphatic rings. The smallest absolute Gasteiger partial charge is 2.00 e. The monoisotopic (exact) mass is 244 g/mol. The Labute approximate surface area is 84.3 Å². The van der Waals surface area contributed by atoms with Crippen LogP contribution in [0.2, 0.25) is 0 Å². The third-order valence-corrected chi connectivity index (χ3v) is 0. The van der Waals surface area contributed by atoms with Crippen LogP contribution in [-0.4, -0.2) is 0 Å². The molecule has 0 saturated heterocycles. The van der Waals surface area contributed by atoms with E-state index in [1.54, 1.807) is 0 Å². The number of hydrogen-bond acceptors (Lipinski definition) is 0. The summed E-state index contributed by atoms with van der Waals surface area (Å²) in [5.74, 6) is 0. The average Bonchev–Trinajstić information content (AvgIpc) is 0. The van der Waals surface area contributed by atoms with E-state index in [0.717, 1.165) is 0 Å². The second kappa shape index (κ2) is 229. The molecule has 0 bridgehead atoms. The van der Waals surface area contributed by atoms with Gasteiger partial charge in [-0.15, -0.1) is 0 Å². The van der Waals surface area contributed by atoms with Crippen molar-refractivity contribution in [3.8, 4) is 0 Å². The zero-order valence-electron chi connectivity index (χ0n) is 3.83. The van der Waals surface area contributed by atoms with Gasteiger partial charge in [0.2, 0.25) is 0 Å². The quantitative estimate of drug-likeness (QED) is 0.562. The van der Waals surface area contributed by atoms with Gasteiger partial charge in [0.15, 0.2) is 0 Å². The van der Waals surface area contributed by atoms with Crippen LogP contribution in [0.5, 0.6) is 0 Å². The first-order chi connectivity index (χ1) is 0. The van der Waals surface area contributed by atoms with Crippen molar-refractivity contribution in [1.29, 1.82) is 0 Å². The second-order valence-electron chi connectivity index (χ2n) is 0. The van der Waals surface area contributed by atoms with E-state index in [1.807, 2.05) is 0 Å². The molecule has 0 aromatic rings. The van der Waals surface area contributed by atoms with Gasteiger partial charge in [-0.25, -0.2) is 0 Å². The Kier molecular flexibility index (Phi) is 7960. The summed E-state index contributed by atoms with van der Waals surface area (Å²) in [5, 5.41) is 0. The molecule has 6 radical (unpaired) electrons. The molecule has 0 saturated carbocycles. The molecule has 0 unspecified atom stereocenters. The maximum absolute atomic E-state index is 0. The van der Waals surface area contributed by atoms with Crippen LogP contribution >= 0.6 is 19.8 Å². The third kappa shape index (κ3) is 180. The largest absolute Gasteiger partial charge is 5.00 e. The fourth-order valence-corrected chi connectivity index (χ4v) is 0. The molecular weight excluding hydrogens is 244 g/mol. The van der Waals surface area contributed by atoms with Gasteiger partial charge in [-0.2, -0.15) is 0 Å². The van der Waals surface area contributed by atoms with Crippen molar-refractivity contribution in [2.75, 3.05) is 0 Å². The normalized spacial score (nSPS) is 0. The van der Waals surface area contributed by atoms with Gasteiger partial charge >= 0.3 is 37.1 Å². The molecule has 0 fully saturated rings. The van der Waals surface area contributed by atoms with Crippen LogP contribution in [0.1, 0.15) is 0 Å². The molecule has 9 heavy (non-hydrogen) atoms. The third-order valence-electron chi connectivity index (χ3n) is 0. The summed E-state index contributed by atoms with van der Waals surface area (Å²) in [7, 11) is 0. The molecule has 0 aliphatic heterocycles. The van der Waals surface area contributed by atoms with Crippen LogP contribution in [-0.2, 0) is 64.5 Å². The molecule has 0 N–H and O–H groups in total. The minimum atomic E-state index is 0. The molecule has 0 rings (SSSR count). The van der Waals surface area contributed by atoms with E-state index in [2.05, 4.69) is 0 Å². The molecule has 0 amide bonds. The van der Waals surface area contributed by atoms with Gasteiger partial charge in [0.05, 0.1) is 0 Å². The van der Waals surface area contributed by atoms with E-state index in [9.17, 15) is 0 Å². The van der Waals surface area contributed by atoms with Crippen molar-refractivity contribution in [2.24, 2.45) is 0 Å². The zero-order valence-corrected chi connectivity index (χ0v) is 8.41. The van der Waals surface area contributed by atoms with Crippen molar-refractivity contribution in [3.05, 3.63) is 0 Å². The molecule has 0 aromatic carbocycles. The maximum atomic E-state index is 0. The van der Waals surface area contributed by atoms with Crippen LogP contribution in [0.25, 0.3) is 0 Å². The Morgan fingerprint density at radius 2 is 0.333 bits per heavy atom. The molecule has 9 heteroatoms. The Balaban J connectivity index is 0. The summed E-state index contributed by atoms with van der Waals surface area (Å²) in [5.41, 5.74) is 0. The number of hydrogen-bond donors (Lipinski definition) is 0. The Hall–Kier alpha value is 1.83. The first-order valence-corrected chi connectivity index (χ1v) is 0. The molecule has 0 aliphatic carbocycles. The summed E-state index contributed by atoms with van der Waals surface area (Å²) in [6.07, 6.45) is 0. The molecule has 50 valence electrons. The minimum absolute atomic E-state index is 0. The zero-order chi connectivity index (χ0) is 0. The van der Waals surface area contributed by atoms with Crippen LogP contribution < -0.4 is 0 Å². The Bertz CT molecular complexity index is 12.9. The standard InChI is InChI=1S/5O.2P.2V/q5*-2;;;2*+5. The van der Waals surface area contributed by atoms with Gasteiger partial charge in [-0.05, 0) is 0 Å². The summed E-state index contributed by atoms with van der Waals surface area (Å²) in [4.78, 5) is 0. The van der Waals surface area contributed by atoms with Crippen molar-refractivity contribution in [1.82, 2.24) is 0 Å². The number of rotatable bonds is 0. The van der Waals surface area contributed by atoms with Gasteiger partial charge in [0, 0.05) is 19.8 Å². The summed E-state index contributed by atoms with van der Waals surface area (Å²) in [6.45, 7) is 0. The Morgan fingerprint density at radius 1 is 0.333 bits per heavy atom. The van der Waals surface area contributed by atoms with Crippen LogP contribution in [0, 0.1) is 0 Å². The van der Waals surface area contributed by atoms with Gasteiger partial charge in [0.1, 0.15) is 0 Å². The SMILES string of the molecule is [O-2].[O-2].[O-2].[O-2].[O-2].[P].[P].[V+5].[V+5]. The van der Waals surface area contributed by atoms with E-state index < -0.39 is 0 Å². The van der Waals surface area contributed by atoms with Gasteiger partial charge in [0.25, 0.3) is 0 Å². The first-order valence-electron chi connectivity index (χ1n) is 0. The Morgan fingerprint density at radius 3 is 0.333 bits per heavy atom. The van der Waals surface area contributed by atoms with E-state index >= 15 is 0 Å². The van der Waals surface area contributed by atoms with Crippen LogP contribution in [0.4, 0.5) is 0 Å². The van der Waals surface area contributed by atoms with Crippen LogP contribution in [0.15, 0.2) is 0 Å². The van der Waals surface area contributed by atoms with Crippen molar-refractivity contribution in [3.63, 3.8) is 0 Å². The molecular formula is O5P2V2. The van der Waals surface area contributed by atoms with Crippen LogP contribution in [0.3, 0.4) is 0 Å². The molecule has 0 atom stereocenters. The fourth-order valence-electron chi connectivity index (χ4n) is 0. The van der Waals surface area contributed by atoms with Gasteiger partial charge < -0.3 is 27.4 Å². The molecule has 0 aromatic heterocycles. The van der Waals surface area contributed by atoms with Crippen molar-refractivity contribution >= 4 is 19.8 Å². The van der Waals surface area contributed by atoms with Gasteiger partial charge in [-0.3, -0.25) is 0 Å². The summed E-state index contributed by atoms with van der Waals surface area (Å²) in [6, 6.07) is 0. The minimum Gasteiger partial charge on any atom is -2.00 e. The van der Waals surface area contributed by atoms with E-state index in [-0.39, 0.29) is 84.3 Å². The van der Waals surface area contributed by atoms with Crippen molar-refractivity contribution < 1.29 is 64.5 Å². The fraction of sp³-hybridized carbons (Fsp3) is 0. The second-order valence-corrected chi connectivity index (χ2v) is 0. The predicted octanol–water partition coefficient (Wildman–Crippen LogP) is 1.12. The van der Waals surface area contributed by atoms with E-state index in [0.29, 0.717) is 0 Å². The van der Waals surface area contributed by atoms with E-state index in [4.69, 9.17) is 0 Å². The average molecular weight is 244 g/mol. The maximum Gasteiger partial charge on any atom is 5.00 e. The summed E-state index contributed by atoms with van der Waals surface area (Å²) >= 11 is 0. The topological polar surface area (TPSA) is 142 Å². The van der Waals surface area contributed by atoms with Gasteiger partial charge in [-0.1, -0.05) is 0 Å². The van der Waals surface area contributed by atoms with E-state index in [1.165, 1.54) is 0 Å². The molecule has 5 nitrogen and oxygen atoms in total. The van der Waals surface area contributed by atoms with Crippen molar-refractivity contribution in [2.45, 2.75) is 0 Å².